The summed E-state index contributed by atoms with van der Waals surface area (Å²) in [6.07, 6.45) is 1.25. The van der Waals surface area contributed by atoms with Gasteiger partial charge in [-0.15, -0.1) is 0 Å². The highest BCUT2D eigenvalue weighted by Gasteiger charge is 1.99. The second-order valence-electron chi connectivity index (χ2n) is 4.07. The molecular weight excluding hydrogens is 232 g/mol. The normalized spacial score (nSPS) is 10.1. The van der Waals surface area contributed by atoms with E-state index in [9.17, 15) is 0 Å². The Bertz CT molecular complexity index is 349. The van der Waals surface area contributed by atoms with Gasteiger partial charge in [0.2, 0.25) is 0 Å². The Morgan fingerprint density at radius 2 is 1.94 bits per heavy atom. The first-order chi connectivity index (χ1) is 8.11. The van der Waals surface area contributed by atoms with Crippen molar-refractivity contribution in [3.63, 3.8) is 0 Å². The number of rotatable bonds is 5. The predicted octanol–water partition coefficient (Wildman–Crippen LogP) is 3.17. The van der Waals surface area contributed by atoms with Crippen LogP contribution in [0.25, 0.3) is 0 Å². The number of ether oxygens (including phenoxy) is 1. The van der Waals surface area contributed by atoms with Crippen LogP contribution in [-0.4, -0.2) is 17.8 Å². The molecule has 0 atom stereocenters. The summed E-state index contributed by atoms with van der Waals surface area (Å²) in [5, 5.41) is 6.90. The topological polar surface area (TPSA) is 33.3 Å². The molecule has 0 aliphatic rings. The van der Waals surface area contributed by atoms with E-state index in [-0.39, 0.29) is 6.10 Å². The number of benzene rings is 1. The second kappa shape index (κ2) is 7.12. The van der Waals surface area contributed by atoms with E-state index in [1.807, 2.05) is 38.1 Å². The fraction of sp³-hybridized carbons (Fsp3) is 0.462. The van der Waals surface area contributed by atoms with Gasteiger partial charge in [0.15, 0.2) is 5.11 Å². The molecule has 0 amide bonds. The van der Waals surface area contributed by atoms with Gasteiger partial charge in [0, 0.05) is 12.2 Å². The zero-order chi connectivity index (χ0) is 12.7. The Morgan fingerprint density at radius 3 is 2.47 bits per heavy atom. The summed E-state index contributed by atoms with van der Waals surface area (Å²) in [6, 6.07) is 7.78. The van der Waals surface area contributed by atoms with Crippen LogP contribution in [0.5, 0.6) is 5.75 Å². The van der Waals surface area contributed by atoms with Crippen LogP contribution < -0.4 is 15.4 Å². The molecule has 0 aliphatic heterocycles. The summed E-state index contributed by atoms with van der Waals surface area (Å²) in [7, 11) is 0. The summed E-state index contributed by atoms with van der Waals surface area (Å²) >= 11 is 5.15. The fourth-order valence-electron chi connectivity index (χ4n) is 1.30. The van der Waals surface area contributed by atoms with Crippen molar-refractivity contribution in [1.29, 1.82) is 0 Å². The van der Waals surface area contributed by atoms with E-state index in [4.69, 9.17) is 17.0 Å². The molecule has 0 aliphatic carbocycles. The number of thiocarbonyl (C=S) groups is 1. The maximum Gasteiger partial charge on any atom is 0.170 e. The van der Waals surface area contributed by atoms with Gasteiger partial charge in [0.25, 0.3) is 0 Å². The van der Waals surface area contributed by atoms with Crippen LogP contribution in [0.15, 0.2) is 24.3 Å². The molecule has 1 aromatic carbocycles. The van der Waals surface area contributed by atoms with E-state index in [1.54, 1.807) is 0 Å². The van der Waals surface area contributed by atoms with Crippen molar-refractivity contribution in [2.45, 2.75) is 33.3 Å². The molecule has 0 spiro atoms. The molecule has 0 fully saturated rings. The van der Waals surface area contributed by atoms with Crippen molar-refractivity contribution in [3.8, 4) is 5.75 Å². The number of anilines is 1. The lowest BCUT2D eigenvalue weighted by Gasteiger charge is -2.12. The molecule has 94 valence electrons. The quantitative estimate of drug-likeness (QED) is 0.789. The van der Waals surface area contributed by atoms with Crippen molar-refractivity contribution in [1.82, 2.24) is 5.32 Å². The Morgan fingerprint density at radius 1 is 1.29 bits per heavy atom. The van der Waals surface area contributed by atoms with Crippen LogP contribution in [0.1, 0.15) is 27.2 Å². The molecule has 4 heteroatoms. The lowest BCUT2D eigenvalue weighted by atomic mass is 10.3. The van der Waals surface area contributed by atoms with Crippen LogP contribution in [-0.2, 0) is 0 Å². The van der Waals surface area contributed by atoms with Crippen molar-refractivity contribution in [3.05, 3.63) is 24.3 Å². The minimum Gasteiger partial charge on any atom is -0.491 e. The molecule has 0 bridgehead atoms. The lowest BCUT2D eigenvalue weighted by molar-refractivity contribution is 0.242. The molecule has 2 N–H and O–H groups in total. The maximum atomic E-state index is 5.56. The maximum absolute atomic E-state index is 5.56. The number of nitrogens with one attached hydrogen (secondary N) is 2. The minimum atomic E-state index is 0.195. The molecule has 17 heavy (non-hydrogen) atoms. The van der Waals surface area contributed by atoms with Crippen LogP contribution in [0, 0.1) is 0 Å². The SMILES string of the molecule is CCCNC(=S)Nc1ccc(OC(C)C)cc1. The summed E-state index contributed by atoms with van der Waals surface area (Å²) in [6.45, 7) is 7.01. The highest BCUT2D eigenvalue weighted by molar-refractivity contribution is 7.80. The molecule has 0 saturated heterocycles. The first-order valence-corrected chi connectivity index (χ1v) is 6.34. The van der Waals surface area contributed by atoms with E-state index in [0.717, 1.165) is 24.4 Å². The van der Waals surface area contributed by atoms with E-state index >= 15 is 0 Å². The molecule has 0 heterocycles. The van der Waals surface area contributed by atoms with Crippen LogP contribution in [0.4, 0.5) is 5.69 Å². The molecule has 1 rings (SSSR count). The Labute approximate surface area is 109 Å². The molecular formula is C13H20N2OS. The average molecular weight is 252 g/mol. The molecule has 0 saturated carbocycles. The van der Waals surface area contributed by atoms with Crippen LogP contribution >= 0.6 is 12.2 Å². The fourth-order valence-corrected chi connectivity index (χ4v) is 1.52. The smallest absolute Gasteiger partial charge is 0.170 e. The van der Waals surface area contributed by atoms with Gasteiger partial charge < -0.3 is 15.4 Å². The minimum absolute atomic E-state index is 0.195. The Balaban J connectivity index is 2.47. The van der Waals surface area contributed by atoms with E-state index in [1.165, 1.54) is 0 Å². The number of hydrogen-bond donors (Lipinski definition) is 2. The zero-order valence-electron chi connectivity index (χ0n) is 10.6. The largest absolute Gasteiger partial charge is 0.491 e. The lowest BCUT2D eigenvalue weighted by Crippen LogP contribution is -2.28. The van der Waals surface area contributed by atoms with Crippen molar-refractivity contribution < 1.29 is 4.74 Å². The highest BCUT2D eigenvalue weighted by atomic mass is 32.1. The van der Waals surface area contributed by atoms with E-state index < -0.39 is 0 Å². The first kappa shape index (κ1) is 13.8. The van der Waals surface area contributed by atoms with Gasteiger partial charge in [0.1, 0.15) is 5.75 Å². The summed E-state index contributed by atoms with van der Waals surface area (Å²) < 4.78 is 5.56. The van der Waals surface area contributed by atoms with Gasteiger partial charge in [-0.2, -0.15) is 0 Å². The van der Waals surface area contributed by atoms with Crippen LogP contribution in [0.2, 0.25) is 0 Å². The van der Waals surface area contributed by atoms with Crippen LogP contribution in [0.3, 0.4) is 0 Å². The predicted molar refractivity (Wildman–Crippen MR) is 76.7 cm³/mol. The van der Waals surface area contributed by atoms with Gasteiger partial charge >= 0.3 is 0 Å². The standard InChI is InChI=1S/C13H20N2OS/c1-4-9-14-13(17)15-11-5-7-12(8-6-11)16-10(2)3/h5-8,10H,4,9H2,1-3H3,(H2,14,15,17). The van der Waals surface area contributed by atoms with E-state index in [2.05, 4.69) is 17.6 Å². The number of hydrogen-bond acceptors (Lipinski definition) is 2. The van der Waals surface area contributed by atoms with Crippen molar-refractivity contribution >= 4 is 23.0 Å². The molecule has 0 aromatic heterocycles. The molecule has 0 radical (unpaired) electrons. The molecule has 0 unspecified atom stereocenters. The van der Waals surface area contributed by atoms with Gasteiger partial charge in [-0.3, -0.25) is 0 Å². The summed E-state index contributed by atoms with van der Waals surface area (Å²) in [5.74, 6) is 0.873. The average Bonchev–Trinajstić information content (AvgIpc) is 2.28. The molecule has 3 nitrogen and oxygen atoms in total. The van der Waals surface area contributed by atoms with Crippen molar-refractivity contribution in [2.75, 3.05) is 11.9 Å². The highest BCUT2D eigenvalue weighted by Crippen LogP contribution is 2.16. The van der Waals surface area contributed by atoms with Gasteiger partial charge in [-0.25, -0.2) is 0 Å². The summed E-state index contributed by atoms with van der Waals surface area (Å²) in [4.78, 5) is 0. The van der Waals surface area contributed by atoms with Gasteiger partial charge in [-0.1, -0.05) is 6.92 Å². The second-order valence-corrected chi connectivity index (χ2v) is 4.48. The monoisotopic (exact) mass is 252 g/mol. The third-order valence-electron chi connectivity index (χ3n) is 2.02. The Kier molecular flexibility index (Phi) is 5.77. The summed E-state index contributed by atoms with van der Waals surface area (Å²) in [5.41, 5.74) is 0.967. The third-order valence-corrected chi connectivity index (χ3v) is 2.27. The first-order valence-electron chi connectivity index (χ1n) is 5.93. The van der Waals surface area contributed by atoms with Gasteiger partial charge in [0.05, 0.1) is 6.10 Å². The van der Waals surface area contributed by atoms with Gasteiger partial charge in [-0.05, 0) is 56.8 Å². The molecule has 1 aromatic rings. The zero-order valence-corrected chi connectivity index (χ0v) is 11.4. The van der Waals surface area contributed by atoms with Crippen molar-refractivity contribution in [2.24, 2.45) is 0 Å². The third kappa shape index (κ3) is 5.54. The Hall–Kier alpha value is -1.29. The van der Waals surface area contributed by atoms with E-state index in [0.29, 0.717) is 5.11 Å².